The summed E-state index contributed by atoms with van der Waals surface area (Å²) in [5, 5.41) is 1.29. The second-order valence-electron chi connectivity index (χ2n) is 18.4. The molecule has 1 heterocycles. The second kappa shape index (κ2) is 18.1. The van der Waals surface area contributed by atoms with Crippen LogP contribution in [0.1, 0.15) is 35.1 Å². The second-order valence-corrected chi connectivity index (χ2v) is 20.3. The average molecular weight is 928 g/mol. The fraction of sp³-hybridized carbons (Fsp3) is 0.0448. The highest BCUT2D eigenvalue weighted by Crippen LogP contribution is 2.65. The van der Waals surface area contributed by atoms with E-state index in [2.05, 4.69) is 293 Å². The fourth-order valence-electron chi connectivity index (χ4n) is 11.3. The predicted octanol–water partition coefficient (Wildman–Crippen LogP) is 17.9. The smallest absolute Gasteiger partial charge is 0.138 e. The molecule has 4 heteroatoms. The Morgan fingerprint density at radius 2 is 0.817 bits per heavy atom. The molecule has 1 aliphatic heterocycles. The Bertz CT molecular complexity index is 3520. The van der Waals surface area contributed by atoms with E-state index in [1.54, 1.807) is 0 Å². The van der Waals surface area contributed by atoms with Crippen LogP contribution in [0.3, 0.4) is 0 Å². The molecule has 3 aliphatic rings. The summed E-state index contributed by atoms with van der Waals surface area (Å²) >= 11 is 0. The van der Waals surface area contributed by atoms with Crippen molar-refractivity contribution in [1.29, 1.82) is 0 Å². The van der Waals surface area contributed by atoms with Crippen molar-refractivity contribution >= 4 is 58.9 Å². The first-order valence-electron chi connectivity index (χ1n) is 24.7. The summed E-state index contributed by atoms with van der Waals surface area (Å²) in [4.78, 5) is 2.44. The van der Waals surface area contributed by atoms with Crippen LogP contribution in [0, 0.1) is 0 Å². The molecule has 71 heavy (non-hydrogen) atoms. The molecule has 0 spiro atoms. The highest BCUT2D eigenvalue weighted by molar-refractivity contribution is 7.70. The lowest BCUT2D eigenvalue weighted by Gasteiger charge is -2.35. The number of rotatable bonds is 10. The summed E-state index contributed by atoms with van der Waals surface area (Å²) in [6, 6.07) is 98.2. The van der Waals surface area contributed by atoms with Crippen molar-refractivity contribution in [2.24, 2.45) is 0 Å². The van der Waals surface area contributed by atoms with Crippen LogP contribution < -0.4 is 19.5 Å². The molecule has 0 radical (unpaired) electrons. The van der Waals surface area contributed by atoms with Crippen molar-refractivity contribution < 1.29 is 0 Å². The van der Waals surface area contributed by atoms with Gasteiger partial charge in [0.2, 0.25) is 0 Å². The van der Waals surface area contributed by atoms with Crippen LogP contribution in [0.15, 0.2) is 285 Å². The van der Waals surface area contributed by atoms with E-state index < -0.39 is 13.6 Å². The van der Waals surface area contributed by atoms with Crippen molar-refractivity contribution in [2.45, 2.75) is 18.3 Å². The van der Waals surface area contributed by atoms with Crippen molar-refractivity contribution in [2.75, 3.05) is 14.2 Å². The Balaban J connectivity index is 0.951. The summed E-state index contributed by atoms with van der Waals surface area (Å²) in [6.45, 7) is 0. The zero-order chi connectivity index (χ0) is 47.1. The maximum absolute atomic E-state index is 2.56. The van der Waals surface area contributed by atoms with Crippen LogP contribution in [-0.4, -0.2) is 0 Å². The molecular formula is C67H50N3P. The monoisotopic (exact) mass is 927 g/mol. The van der Waals surface area contributed by atoms with Gasteiger partial charge in [0.05, 0.1) is 16.8 Å². The van der Waals surface area contributed by atoms with Crippen LogP contribution >= 0.6 is 8.22 Å². The van der Waals surface area contributed by atoms with Crippen LogP contribution in [-0.2, 0) is 5.41 Å². The molecule has 1 atom stereocenters. The van der Waals surface area contributed by atoms with Gasteiger partial charge in [-0.15, -0.1) is 0 Å². The Morgan fingerprint density at radius 1 is 0.366 bits per heavy atom. The molecule has 0 aromatic heterocycles. The minimum absolute atomic E-state index is 0.467. The topological polar surface area (TPSA) is 9.72 Å². The Hall–Kier alpha value is -8.49. The minimum atomic E-state index is -1.00. The van der Waals surface area contributed by atoms with Gasteiger partial charge in [0.15, 0.2) is 0 Å². The summed E-state index contributed by atoms with van der Waals surface area (Å²) in [5.74, 6) is 0. The fourth-order valence-corrected chi connectivity index (χ4v) is 13.8. The number of hydrogen-bond donors (Lipinski definition) is 0. The van der Waals surface area contributed by atoms with Crippen molar-refractivity contribution in [1.82, 2.24) is 0 Å². The van der Waals surface area contributed by atoms with Crippen LogP contribution in [0.5, 0.6) is 0 Å². The molecule has 2 aliphatic carbocycles. The molecule has 0 N–H and O–H groups in total. The van der Waals surface area contributed by atoms with E-state index in [0.717, 1.165) is 35.5 Å². The van der Waals surface area contributed by atoms with Crippen molar-refractivity contribution in [3.63, 3.8) is 0 Å². The van der Waals surface area contributed by atoms with Crippen molar-refractivity contribution in [3.8, 4) is 22.3 Å². The van der Waals surface area contributed by atoms with Gasteiger partial charge in [0.25, 0.3) is 0 Å². The number of hydrogen-bond acceptors (Lipinski definition) is 3. The number of para-hydroxylation sites is 2. The molecule has 10 aromatic rings. The lowest BCUT2D eigenvalue weighted by Crippen LogP contribution is -2.29. The van der Waals surface area contributed by atoms with Gasteiger partial charge in [-0.1, -0.05) is 206 Å². The van der Waals surface area contributed by atoms with E-state index in [1.165, 1.54) is 78.1 Å². The first-order chi connectivity index (χ1) is 35.2. The van der Waals surface area contributed by atoms with E-state index in [-0.39, 0.29) is 0 Å². The Kier molecular flexibility index (Phi) is 10.9. The molecule has 0 saturated carbocycles. The van der Waals surface area contributed by atoms with Gasteiger partial charge in [-0.3, -0.25) is 9.34 Å². The largest absolute Gasteiger partial charge is 0.310 e. The molecule has 0 bridgehead atoms. The molecule has 338 valence electrons. The Labute approximate surface area is 418 Å². The van der Waals surface area contributed by atoms with Gasteiger partial charge < -0.3 is 4.90 Å². The number of anilines is 7. The summed E-state index contributed by atoms with van der Waals surface area (Å²) in [6.07, 6.45) is 7.05. The van der Waals surface area contributed by atoms with E-state index in [9.17, 15) is 0 Å². The van der Waals surface area contributed by atoms with Gasteiger partial charge in [0, 0.05) is 33.7 Å². The van der Waals surface area contributed by atoms with Crippen LogP contribution in [0.4, 0.5) is 39.8 Å². The Morgan fingerprint density at radius 3 is 1.39 bits per heavy atom. The van der Waals surface area contributed by atoms with E-state index >= 15 is 0 Å². The lowest BCUT2D eigenvalue weighted by atomic mass is 9.66. The van der Waals surface area contributed by atoms with Gasteiger partial charge in [0.1, 0.15) is 8.22 Å². The lowest BCUT2D eigenvalue weighted by molar-refractivity contribution is 0.758. The summed E-state index contributed by atoms with van der Waals surface area (Å²) < 4.78 is 5.11. The predicted molar refractivity (Wildman–Crippen MR) is 300 cm³/mol. The third-order valence-corrected chi connectivity index (χ3v) is 16.8. The molecule has 0 saturated heterocycles. The van der Waals surface area contributed by atoms with Crippen LogP contribution in [0.25, 0.3) is 27.8 Å². The van der Waals surface area contributed by atoms with Gasteiger partial charge in [-0.2, -0.15) is 0 Å². The average Bonchev–Trinajstić information content (AvgIpc) is 3.96. The highest BCUT2D eigenvalue weighted by atomic mass is 31.1. The first kappa shape index (κ1) is 42.6. The molecule has 1 unspecified atom stereocenters. The number of fused-ring (bicyclic) bond motifs is 4. The number of allylic oxidation sites excluding steroid dienone is 4. The summed E-state index contributed by atoms with van der Waals surface area (Å²) in [7, 11) is -1.00. The summed E-state index contributed by atoms with van der Waals surface area (Å²) in [5.41, 5.74) is 20.3. The van der Waals surface area contributed by atoms with Gasteiger partial charge >= 0.3 is 0 Å². The SMILES string of the molecule is C1=C2C(=CCC1)C(c1ccccc1)(c1ccccc1)c1cc(N(c3ccc(-c4ccccc4)cc3)c3ccc(-c4ccc5c(c4)N(c4ccccc4)P(c4ccccc4)N5c4ccccc4)cc3)ccc12. The maximum Gasteiger partial charge on any atom is 0.138 e. The first-order valence-corrected chi connectivity index (χ1v) is 25.9. The highest BCUT2D eigenvalue weighted by Gasteiger charge is 2.49. The normalized spacial score (nSPS) is 15.3. The quantitative estimate of drug-likeness (QED) is 0.127. The molecule has 0 fully saturated rings. The minimum Gasteiger partial charge on any atom is -0.310 e. The number of nitrogens with zero attached hydrogens (tertiary/aromatic N) is 3. The molecule has 0 amide bonds. The third-order valence-electron chi connectivity index (χ3n) is 14.4. The van der Waals surface area contributed by atoms with Gasteiger partial charge in [-0.25, -0.2) is 0 Å². The standard InChI is InChI=1S/C67H50N3P/c1-7-21-49(22-8-1)50-35-40-55(41-36-50)68(59-44-45-62-61-33-19-20-34-63(61)67(64(62)48-59,53-23-9-2-10-24-53)54-25-11-3-12-26-54)56-42-37-51(38-43-56)52-39-46-65-66(47-52)70(58-29-15-5-16-30-58)71(60-31-17-6-18-32-60)69(65)57-27-13-4-14-28-57/h1-18,21-48H,19-20H2. The zero-order valence-corrected chi connectivity index (χ0v) is 40.2. The maximum atomic E-state index is 2.56. The van der Waals surface area contributed by atoms with E-state index in [4.69, 9.17) is 0 Å². The van der Waals surface area contributed by atoms with Crippen LogP contribution in [0.2, 0.25) is 0 Å². The van der Waals surface area contributed by atoms with E-state index in [1.807, 2.05) is 0 Å². The molecule has 3 nitrogen and oxygen atoms in total. The molecule has 13 rings (SSSR count). The molecular weight excluding hydrogens is 878 g/mol. The third kappa shape index (κ3) is 7.32. The molecule has 10 aromatic carbocycles. The van der Waals surface area contributed by atoms with Gasteiger partial charge in [-0.05, 0) is 141 Å². The van der Waals surface area contributed by atoms with E-state index in [0.29, 0.717) is 0 Å². The zero-order valence-electron chi connectivity index (χ0n) is 39.3. The van der Waals surface area contributed by atoms with Crippen molar-refractivity contribution in [3.05, 3.63) is 307 Å². The number of benzene rings is 10.